The van der Waals surface area contributed by atoms with Gasteiger partial charge < -0.3 is 10.4 Å². The topological polar surface area (TPSA) is 99.1 Å². The van der Waals surface area contributed by atoms with Crippen molar-refractivity contribution in [2.24, 2.45) is 10.9 Å². The molecule has 7 nitrogen and oxygen atoms in total. The standard InChI is InChI=1S/C18H12ClN3O4S/c19-11-4-6-13(7-5-11)22-16(24)14(15(23)21-18(22)27)9-20-12-3-1-2-10(8-12)17(25)26/h1-9,14H,(H,25,26)(H,21,23,27)/t14-/m1/s1. The van der Waals surface area contributed by atoms with Crippen molar-refractivity contribution in [1.29, 1.82) is 0 Å². The number of aliphatic imine (C=N–C) groups is 1. The average Bonchev–Trinajstić information content (AvgIpc) is 2.63. The van der Waals surface area contributed by atoms with E-state index in [4.69, 9.17) is 28.9 Å². The van der Waals surface area contributed by atoms with Crippen molar-refractivity contribution < 1.29 is 19.5 Å². The van der Waals surface area contributed by atoms with Gasteiger partial charge in [0.1, 0.15) is 0 Å². The Morgan fingerprint density at radius 2 is 1.93 bits per heavy atom. The van der Waals surface area contributed by atoms with Gasteiger partial charge in [0, 0.05) is 11.2 Å². The number of carbonyl (C=O) groups excluding carboxylic acids is 2. The molecule has 0 radical (unpaired) electrons. The number of nitrogens with one attached hydrogen (secondary N) is 1. The first kappa shape index (κ1) is 18.7. The van der Waals surface area contributed by atoms with Crippen LogP contribution in [0, 0.1) is 5.92 Å². The maximum Gasteiger partial charge on any atom is 0.335 e. The van der Waals surface area contributed by atoms with E-state index in [0.717, 1.165) is 0 Å². The third kappa shape index (κ3) is 4.02. The van der Waals surface area contributed by atoms with E-state index in [1.165, 1.54) is 29.3 Å². The lowest BCUT2D eigenvalue weighted by molar-refractivity contribution is -0.130. The van der Waals surface area contributed by atoms with Gasteiger partial charge in [0.15, 0.2) is 11.0 Å². The third-order valence-corrected chi connectivity index (χ3v) is 4.29. The summed E-state index contributed by atoms with van der Waals surface area (Å²) in [5.41, 5.74) is 0.815. The van der Waals surface area contributed by atoms with Crippen molar-refractivity contribution in [2.45, 2.75) is 0 Å². The first-order valence-electron chi connectivity index (χ1n) is 7.69. The number of hydrogen-bond acceptors (Lipinski definition) is 5. The molecule has 0 aliphatic carbocycles. The van der Waals surface area contributed by atoms with Crippen molar-refractivity contribution in [3.63, 3.8) is 0 Å². The maximum atomic E-state index is 12.8. The number of carbonyl (C=O) groups is 3. The number of halogens is 1. The maximum absolute atomic E-state index is 12.8. The number of rotatable bonds is 4. The summed E-state index contributed by atoms with van der Waals surface area (Å²) in [6, 6.07) is 12.3. The number of carboxylic acids is 1. The van der Waals surface area contributed by atoms with Crippen LogP contribution in [-0.2, 0) is 9.59 Å². The molecule has 27 heavy (non-hydrogen) atoms. The molecule has 136 valence electrons. The van der Waals surface area contributed by atoms with Crippen LogP contribution in [0.4, 0.5) is 11.4 Å². The van der Waals surface area contributed by atoms with Gasteiger partial charge in [-0.25, -0.2) is 4.79 Å². The molecule has 1 saturated heterocycles. The second-order valence-electron chi connectivity index (χ2n) is 5.56. The zero-order valence-electron chi connectivity index (χ0n) is 13.6. The van der Waals surface area contributed by atoms with Gasteiger partial charge in [-0.2, -0.15) is 0 Å². The molecule has 2 aromatic rings. The molecule has 1 aliphatic heterocycles. The van der Waals surface area contributed by atoms with Crippen molar-refractivity contribution in [3.8, 4) is 0 Å². The zero-order chi connectivity index (χ0) is 19.6. The number of nitrogens with zero attached hydrogens (tertiary/aromatic N) is 2. The van der Waals surface area contributed by atoms with E-state index >= 15 is 0 Å². The normalized spacial score (nSPS) is 17.3. The molecule has 2 aromatic carbocycles. The number of amides is 2. The van der Waals surface area contributed by atoms with Crippen LogP contribution in [0.2, 0.25) is 5.02 Å². The molecule has 0 spiro atoms. The monoisotopic (exact) mass is 401 g/mol. The fraction of sp³-hybridized carbons (Fsp3) is 0.0556. The number of carboxylic acid groups (broad SMARTS) is 1. The SMILES string of the molecule is O=C(O)c1cccc(N=C[C@@H]2C(=O)NC(=S)N(c3ccc(Cl)cc3)C2=O)c1. The summed E-state index contributed by atoms with van der Waals surface area (Å²) in [7, 11) is 0. The Balaban J connectivity index is 1.88. The van der Waals surface area contributed by atoms with Gasteiger partial charge in [-0.15, -0.1) is 0 Å². The highest BCUT2D eigenvalue weighted by molar-refractivity contribution is 7.80. The first-order chi connectivity index (χ1) is 12.9. The molecule has 0 unspecified atom stereocenters. The van der Waals surface area contributed by atoms with Crippen LogP contribution < -0.4 is 10.2 Å². The highest BCUT2D eigenvalue weighted by atomic mass is 35.5. The largest absolute Gasteiger partial charge is 0.478 e. The number of thiocarbonyl (C=S) groups is 1. The van der Waals surface area contributed by atoms with Crippen LogP contribution in [-0.4, -0.2) is 34.2 Å². The number of hydrogen-bond donors (Lipinski definition) is 2. The Kier molecular flexibility index (Phi) is 5.29. The van der Waals surface area contributed by atoms with Crippen LogP contribution in [0.5, 0.6) is 0 Å². The van der Waals surface area contributed by atoms with E-state index in [-0.39, 0.29) is 10.7 Å². The third-order valence-electron chi connectivity index (χ3n) is 3.75. The Morgan fingerprint density at radius 1 is 1.22 bits per heavy atom. The van der Waals surface area contributed by atoms with Crippen LogP contribution in [0.3, 0.4) is 0 Å². The molecule has 1 heterocycles. The van der Waals surface area contributed by atoms with Crippen molar-refractivity contribution in [2.75, 3.05) is 4.90 Å². The molecule has 0 aromatic heterocycles. The van der Waals surface area contributed by atoms with Gasteiger partial charge in [0.05, 0.1) is 16.9 Å². The molecular weight excluding hydrogens is 390 g/mol. The Morgan fingerprint density at radius 3 is 2.59 bits per heavy atom. The summed E-state index contributed by atoms with van der Waals surface area (Å²) in [4.78, 5) is 41.3. The molecule has 1 fully saturated rings. The van der Waals surface area contributed by atoms with Crippen LogP contribution >= 0.6 is 23.8 Å². The van der Waals surface area contributed by atoms with E-state index in [9.17, 15) is 14.4 Å². The summed E-state index contributed by atoms with van der Waals surface area (Å²) in [5.74, 6) is -3.48. The molecule has 0 bridgehead atoms. The van der Waals surface area contributed by atoms with Gasteiger partial charge in [0.2, 0.25) is 5.91 Å². The molecular formula is C18H12ClN3O4S. The minimum absolute atomic E-state index is 0.0372. The van der Waals surface area contributed by atoms with Crippen molar-refractivity contribution in [1.82, 2.24) is 5.32 Å². The van der Waals surface area contributed by atoms with Gasteiger partial charge in [-0.05, 0) is 54.7 Å². The lowest BCUT2D eigenvalue weighted by Gasteiger charge is -2.30. The van der Waals surface area contributed by atoms with Crippen molar-refractivity contribution in [3.05, 3.63) is 59.1 Å². The summed E-state index contributed by atoms with van der Waals surface area (Å²) in [6.07, 6.45) is 1.17. The molecule has 1 atom stereocenters. The molecule has 0 saturated carbocycles. The first-order valence-corrected chi connectivity index (χ1v) is 8.47. The quantitative estimate of drug-likeness (QED) is 0.466. The van der Waals surface area contributed by atoms with E-state index < -0.39 is 23.7 Å². The number of benzene rings is 2. The van der Waals surface area contributed by atoms with E-state index in [1.807, 2.05) is 0 Å². The van der Waals surface area contributed by atoms with E-state index in [2.05, 4.69) is 10.3 Å². The lowest BCUT2D eigenvalue weighted by Crippen LogP contribution is -2.58. The Hall–Kier alpha value is -3.10. The highest BCUT2D eigenvalue weighted by Gasteiger charge is 2.38. The van der Waals surface area contributed by atoms with Gasteiger partial charge in [0.25, 0.3) is 5.91 Å². The summed E-state index contributed by atoms with van der Waals surface area (Å²) >= 11 is 11.0. The van der Waals surface area contributed by atoms with Crippen LogP contribution in [0.1, 0.15) is 10.4 Å². The minimum Gasteiger partial charge on any atom is -0.478 e. The average molecular weight is 402 g/mol. The Bertz CT molecular complexity index is 975. The van der Waals surface area contributed by atoms with Crippen LogP contribution in [0.15, 0.2) is 53.5 Å². The number of aromatic carboxylic acids is 1. The second-order valence-corrected chi connectivity index (χ2v) is 6.38. The Labute approximate surface area is 164 Å². The fourth-order valence-electron chi connectivity index (χ4n) is 2.44. The predicted molar refractivity (Wildman–Crippen MR) is 105 cm³/mol. The number of anilines is 1. The smallest absolute Gasteiger partial charge is 0.335 e. The molecule has 2 amide bonds. The van der Waals surface area contributed by atoms with Gasteiger partial charge in [-0.1, -0.05) is 17.7 Å². The molecule has 3 rings (SSSR count). The van der Waals surface area contributed by atoms with E-state index in [1.54, 1.807) is 30.3 Å². The molecule has 9 heteroatoms. The van der Waals surface area contributed by atoms with Crippen LogP contribution in [0.25, 0.3) is 0 Å². The fourth-order valence-corrected chi connectivity index (χ4v) is 2.86. The molecule has 1 aliphatic rings. The van der Waals surface area contributed by atoms with Gasteiger partial charge >= 0.3 is 5.97 Å². The van der Waals surface area contributed by atoms with Gasteiger partial charge in [-0.3, -0.25) is 19.5 Å². The lowest BCUT2D eigenvalue weighted by atomic mass is 10.1. The van der Waals surface area contributed by atoms with Crippen molar-refractivity contribution >= 4 is 64.3 Å². The second kappa shape index (κ2) is 7.65. The van der Waals surface area contributed by atoms with E-state index in [0.29, 0.717) is 16.4 Å². The zero-order valence-corrected chi connectivity index (χ0v) is 15.2. The molecule has 2 N–H and O–H groups in total. The summed E-state index contributed by atoms with van der Waals surface area (Å²) in [5, 5.41) is 11.9. The predicted octanol–water partition coefficient (Wildman–Crippen LogP) is 2.80. The highest BCUT2D eigenvalue weighted by Crippen LogP contribution is 2.23. The minimum atomic E-state index is -1.21. The summed E-state index contributed by atoms with van der Waals surface area (Å²) < 4.78 is 0. The summed E-state index contributed by atoms with van der Waals surface area (Å²) in [6.45, 7) is 0.